The molecule has 1 saturated heterocycles. The normalized spacial score (nSPS) is 39.6. The zero-order valence-electron chi connectivity index (χ0n) is 7.42. The molecule has 66 valence electrons. The molecule has 1 N–H and O–H groups in total. The van der Waals surface area contributed by atoms with Crippen LogP contribution in [0.25, 0.3) is 0 Å². The van der Waals surface area contributed by atoms with E-state index < -0.39 is 0 Å². The quantitative estimate of drug-likeness (QED) is 0.593. The average Bonchev–Trinajstić information content (AvgIpc) is 2.46. The first kappa shape index (κ1) is 7.99. The van der Waals surface area contributed by atoms with Crippen molar-refractivity contribution in [1.29, 1.82) is 0 Å². The van der Waals surface area contributed by atoms with E-state index in [1.54, 1.807) is 6.92 Å². The van der Waals surface area contributed by atoms with Gasteiger partial charge in [-0.2, -0.15) is 0 Å². The lowest BCUT2D eigenvalue weighted by atomic mass is 9.89. The Labute approximate surface area is 73.0 Å². The fourth-order valence-electron chi connectivity index (χ4n) is 2.23. The molecule has 0 aromatic rings. The van der Waals surface area contributed by atoms with Gasteiger partial charge in [-0.3, -0.25) is 4.79 Å². The molecule has 12 heavy (non-hydrogen) atoms. The van der Waals surface area contributed by atoms with Gasteiger partial charge in [-0.05, 0) is 32.1 Å². The first-order valence-electron chi connectivity index (χ1n) is 4.70. The summed E-state index contributed by atoms with van der Waals surface area (Å²) in [4.78, 5) is 11.1. The molecule has 3 atom stereocenters. The van der Waals surface area contributed by atoms with E-state index in [1.165, 1.54) is 12.8 Å². The summed E-state index contributed by atoms with van der Waals surface area (Å²) in [5.41, 5.74) is 0. The van der Waals surface area contributed by atoms with Crippen molar-refractivity contribution in [2.75, 3.05) is 0 Å². The van der Waals surface area contributed by atoms with Crippen LogP contribution in [0.2, 0.25) is 0 Å². The van der Waals surface area contributed by atoms with E-state index in [4.69, 9.17) is 0 Å². The Hall–Kier alpha value is -0.630. The van der Waals surface area contributed by atoms with Crippen LogP contribution in [0.3, 0.4) is 0 Å². The van der Waals surface area contributed by atoms with Crippen molar-refractivity contribution in [3.05, 3.63) is 12.2 Å². The minimum absolute atomic E-state index is 0.128. The molecule has 1 aliphatic heterocycles. The van der Waals surface area contributed by atoms with Gasteiger partial charge in [-0.25, -0.2) is 0 Å². The summed E-state index contributed by atoms with van der Waals surface area (Å²) in [5.74, 6) is 1.00. The summed E-state index contributed by atoms with van der Waals surface area (Å²) in [6.07, 6.45) is 7.92. The molecule has 3 unspecified atom stereocenters. The van der Waals surface area contributed by atoms with E-state index in [2.05, 4.69) is 17.5 Å². The molecule has 0 aromatic carbocycles. The van der Waals surface area contributed by atoms with Crippen LogP contribution in [-0.2, 0) is 4.79 Å². The van der Waals surface area contributed by atoms with E-state index in [-0.39, 0.29) is 11.8 Å². The molecule has 1 fully saturated rings. The molecule has 2 aliphatic rings. The van der Waals surface area contributed by atoms with Gasteiger partial charge in [0.15, 0.2) is 0 Å². The molecule has 0 aromatic heterocycles. The first-order chi connectivity index (χ1) is 5.77. The molecule has 2 nitrogen and oxygen atoms in total. The van der Waals surface area contributed by atoms with Crippen LogP contribution in [0.4, 0.5) is 0 Å². The maximum Gasteiger partial charge on any atom is 0.146 e. The summed E-state index contributed by atoms with van der Waals surface area (Å²) in [6.45, 7) is 1.68. The van der Waals surface area contributed by atoms with Crippen molar-refractivity contribution >= 4 is 5.78 Å². The number of hydrogen-bond acceptors (Lipinski definition) is 2. The maximum absolute atomic E-state index is 11.1. The Morgan fingerprint density at radius 2 is 2.42 bits per heavy atom. The van der Waals surface area contributed by atoms with Crippen molar-refractivity contribution in [3.8, 4) is 0 Å². The summed E-state index contributed by atoms with van der Waals surface area (Å²) in [6, 6.07) is 0.607. The number of hydrogen-bond donors (Lipinski definition) is 1. The van der Waals surface area contributed by atoms with Crippen molar-refractivity contribution in [1.82, 2.24) is 5.32 Å². The second kappa shape index (κ2) is 3.02. The monoisotopic (exact) mass is 165 g/mol. The lowest BCUT2D eigenvalue weighted by Crippen LogP contribution is -2.34. The number of carbonyl (C=O) groups excluding carboxylic acids is 1. The fraction of sp³-hybridized carbons (Fsp3) is 0.700. The highest BCUT2D eigenvalue weighted by atomic mass is 16.1. The summed E-state index contributed by atoms with van der Waals surface area (Å²) in [5, 5.41) is 3.36. The number of rotatable bonds is 1. The molecule has 1 aliphatic carbocycles. The van der Waals surface area contributed by atoms with Gasteiger partial charge in [0.25, 0.3) is 0 Å². The van der Waals surface area contributed by atoms with Gasteiger partial charge in [-0.1, -0.05) is 12.2 Å². The summed E-state index contributed by atoms with van der Waals surface area (Å²) in [7, 11) is 0. The van der Waals surface area contributed by atoms with Crippen LogP contribution in [0.5, 0.6) is 0 Å². The molecule has 2 rings (SSSR count). The van der Waals surface area contributed by atoms with Crippen LogP contribution in [0, 0.1) is 5.92 Å². The molecule has 0 spiro atoms. The van der Waals surface area contributed by atoms with Crippen LogP contribution < -0.4 is 5.32 Å². The Balaban J connectivity index is 2.05. The predicted octanol–water partition coefficient (Wildman–Crippen LogP) is 1.27. The lowest BCUT2D eigenvalue weighted by molar-refractivity contribution is -0.118. The van der Waals surface area contributed by atoms with E-state index in [0.717, 1.165) is 6.42 Å². The van der Waals surface area contributed by atoms with Crippen LogP contribution >= 0.6 is 0 Å². The molecular weight excluding hydrogens is 150 g/mol. The Bertz CT molecular complexity index is 222. The highest BCUT2D eigenvalue weighted by molar-refractivity contribution is 5.81. The standard InChI is InChI=1S/C10H15NO/c1-7(12)10-6-8-4-2-3-5-9(8)11-10/h3,5,8-11H,2,4,6H2,1H3. The third kappa shape index (κ3) is 1.31. The molecule has 2 heteroatoms. The first-order valence-corrected chi connectivity index (χ1v) is 4.70. The van der Waals surface area contributed by atoms with E-state index in [1.807, 2.05) is 0 Å². The Kier molecular flexibility index (Phi) is 2.01. The van der Waals surface area contributed by atoms with E-state index in [9.17, 15) is 4.79 Å². The smallest absolute Gasteiger partial charge is 0.146 e. The topological polar surface area (TPSA) is 29.1 Å². The minimum atomic E-state index is 0.128. The van der Waals surface area contributed by atoms with Gasteiger partial charge in [-0.15, -0.1) is 0 Å². The van der Waals surface area contributed by atoms with Crippen molar-refractivity contribution < 1.29 is 4.79 Å². The number of nitrogens with one attached hydrogen (secondary N) is 1. The van der Waals surface area contributed by atoms with Gasteiger partial charge in [0.2, 0.25) is 0 Å². The van der Waals surface area contributed by atoms with Crippen molar-refractivity contribution in [2.45, 2.75) is 38.3 Å². The molecular formula is C10H15NO. The van der Waals surface area contributed by atoms with Crippen LogP contribution in [0.1, 0.15) is 26.2 Å². The number of allylic oxidation sites excluding steroid dienone is 1. The second-order valence-corrected chi connectivity index (χ2v) is 3.86. The summed E-state index contributed by atoms with van der Waals surface area (Å²) < 4.78 is 0. The van der Waals surface area contributed by atoms with Crippen LogP contribution in [0.15, 0.2) is 12.2 Å². The number of fused-ring (bicyclic) bond motifs is 1. The van der Waals surface area contributed by atoms with Gasteiger partial charge < -0.3 is 5.32 Å². The largest absolute Gasteiger partial charge is 0.301 e. The lowest BCUT2D eigenvalue weighted by Gasteiger charge is -2.18. The van der Waals surface area contributed by atoms with Gasteiger partial charge in [0, 0.05) is 6.04 Å². The zero-order valence-corrected chi connectivity index (χ0v) is 7.42. The highest BCUT2D eigenvalue weighted by Gasteiger charge is 2.34. The number of ketones is 1. The summed E-state index contributed by atoms with van der Waals surface area (Å²) >= 11 is 0. The van der Waals surface area contributed by atoms with Crippen LogP contribution in [-0.4, -0.2) is 17.9 Å². The Morgan fingerprint density at radius 3 is 3.08 bits per heavy atom. The third-order valence-corrected chi connectivity index (χ3v) is 2.98. The van der Waals surface area contributed by atoms with Crippen molar-refractivity contribution in [3.63, 3.8) is 0 Å². The predicted molar refractivity (Wildman–Crippen MR) is 47.9 cm³/mol. The Morgan fingerprint density at radius 1 is 1.58 bits per heavy atom. The molecule has 0 bridgehead atoms. The third-order valence-electron chi connectivity index (χ3n) is 2.98. The van der Waals surface area contributed by atoms with Gasteiger partial charge >= 0.3 is 0 Å². The highest BCUT2D eigenvalue weighted by Crippen LogP contribution is 2.29. The zero-order chi connectivity index (χ0) is 8.55. The SMILES string of the molecule is CC(=O)C1CC2CCC=CC2N1. The minimum Gasteiger partial charge on any atom is -0.301 e. The molecule has 0 radical (unpaired) electrons. The van der Waals surface area contributed by atoms with Crippen molar-refractivity contribution in [2.24, 2.45) is 5.92 Å². The van der Waals surface area contributed by atoms with E-state index in [0.29, 0.717) is 12.0 Å². The van der Waals surface area contributed by atoms with Gasteiger partial charge in [0.1, 0.15) is 5.78 Å². The fourth-order valence-corrected chi connectivity index (χ4v) is 2.23. The molecule has 0 saturated carbocycles. The number of carbonyl (C=O) groups is 1. The van der Waals surface area contributed by atoms with Gasteiger partial charge in [0.05, 0.1) is 6.04 Å². The molecule has 1 heterocycles. The average molecular weight is 165 g/mol. The maximum atomic E-state index is 11.1. The second-order valence-electron chi connectivity index (χ2n) is 3.86. The van der Waals surface area contributed by atoms with E-state index >= 15 is 0 Å². The number of Topliss-reactive ketones (excluding diaryl/α,β-unsaturated/α-hetero) is 1. The molecule has 0 amide bonds.